The third kappa shape index (κ3) is 4.78. The van der Waals surface area contributed by atoms with Gasteiger partial charge in [-0.3, -0.25) is 14.5 Å². The number of amides is 1. The first kappa shape index (κ1) is 24.9. The second-order valence-electron chi connectivity index (χ2n) is 10.6. The molecule has 1 saturated carbocycles. The highest BCUT2D eigenvalue weighted by Gasteiger charge is 2.44. The van der Waals surface area contributed by atoms with Crippen LogP contribution in [0.3, 0.4) is 0 Å². The van der Waals surface area contributed by atoms with Gasteiger partial charge in [0.1, 0.15) is 0 Å². The molecule has 194 valence electrons. The van der Waals surface area contributed by atoms with Crippen molar-refractivity contribution in [3.63, 3.8) is 0 Å². The summed E-state index contributed by atoms with van der Waals surface area (Å²) in [5, 5.41) is 20.8. The summed E-state index contributed by atoms with van der Waals surface area (Å²) in [5.41, 5.74) is 0.382. The highest BCUT2D eigenvalue weighted by atomic mass is 16.4. The maximum atomic E-state index is 13.7. The van der Waals surface area contributed by atoms with Gasteiger partial charge >= 0.3 is 5.97 Å². The van der Waals surface area contributed by atoms with E-state index in [1.54, 1.807) is 16.7 Å². The van der Waals surface area contributed by atoms with E-state index in [9.17, 15) is 24.6 Å². The molecule has 0 radical (unpaired) electrons. The van der Waals surface area contributed by atoms with Gasteiger partial charge in [-0.15, -0.1) is 0 Å². The summed E-state index contributed by atoms with van der Waals surface area (Å²) >= 11 is 0. The summed E-state index contributed by atoms with van der Waals surface area (Å²) in [6, 6.07) is 7.24. The summed E-state index contributed by atoms with van der Waals surface area (Å²) in [7, 11) is 0. The third-order valence-electron chi connectivity index (χ3n) is 8.42. The van der Waals surface area contributed by atoms with Gasteiger partial charge in [0, 0.05) is 24.2 Å². The number of nitrogens with one attached hydrogen (secondary N) is 1. The molecule has 3 fully saturated rings. The molecule has 2 aliphatic heterocycles. The molecule has 0 spiro atoms. The molecule has 1 aromatic heterocycles. The molecule has 9 nitrogen and oxygen atoms in total. The Kier molecular flexibility index (Phi) is 7.39. The molecule has 9 heteroatoms. The monoisotopic (exact) mass is 496 g/mol. The number of rotatable bonds is 6. The van der Waals surface area contributed by atoms with Gasteiger partial charge in [-0.25, -0.2) is 9.78 Å². The smallest absolute Gasteiger partial charge is 0.328 e. The number of carboxylic acids is 1. The van der Waals surface area contributed by atoms with Crippen LogP contribution in [0.2, 0.25) is 0 Å². The lowest BCUT2D eigenvalue weighted by atomic mass is 9.89. The Labute approximate surface area is 210 Å². The van der Waals surface area contributed by atoms with Crippen LogP contribution in [0.1, 0.15) is 87.2 Å². The van der Waals surface area contributed by atoms with Crippen molar-refractivity contribution in [3.05, 3.63) is 40.3 Å². The Morgan fingerprint density at radius 1 is 0.944 bits per heavy atom. The predicted molar refractivity (Wildman–Crippen MR) is 135 cm³/mol. The van der Waals surface area contributed by atoms with Crippen LogP contribution in [-0.2, 0) is 4.79 Å². The summed E-state index contributed by atoms with van der Waals surface area (Å²) in [4.78, 5) is 45.0. The summed E-state index contributed by atoms with van der Waals surface area (Å²) < 4.78 is 1.73. The summed E-state index contributed by atoms with van der Waals surface area (Å²) in [6.07, 6.45) is 13.1. The third-order valence-corrected chi connectivity index (χ3v) is 8.42. The first-order valence-electron chi connectivity index (χ1n) is 13.4. The number of carbonyl (C=O) groups is 2. The number of hydrogen-bond donors (Lipinski definition) is 3. The second-order valence-corrected chi connectivity index (χ2v) is 10.6. The Morgan fingerprint density at radius 2 is 1.58 bits per heavy atom. The standard InChI is InChI=1S/C27H36N4O5/c32-16-22(27(35)36)29-25(33)24-26(34)31(23-11-7-6-10-21(23)28-24)20-14-18-12-13-19(15-20)30(18)17-8-4-2-1-3-5-9-17/h6-7,10-11,17-20,22,32H,1-5,8-9,12-16H2,(H,29,33)(H,35,36)/t18?,19?,20?,22-/m0/s1. The van der Waals surface area contributed by atoms with Crippen molar-refractivity contribution in [2.24, 2.45) is 0 Å². The van der Waals surface area contributed by atoms with Gasteiger partial charge in [-0.2, -0.15) is 0 Å². The molecule has 1 amide bonds. The normalized spacial score (nSPS) is 26.3. The Bertz CT molecular complexity index is 1160. The van der Waals surface area contributed by atoms with Gasteiger partial charge in [0.15, 0.2) is 11.7 Å². The van der Waals surface area contributed by atoms with Crippen LogP contribution in [0.4, 0.5) is 0 Å². The zero-order chi connectivity index (χ0) is 25.2. The van der Waals surface area contributed by atoms with E-state index in [2.05, 4.69) is 15.2 Å². The van der Waals surface area contributed by atoms with Crippen molar-refractivity contribution >= 4 is 22.9 Å². The van der Waals surface area contributed by atoms with Gasteiger partial charge in [0.05, 0.1) is 17.6 Å². The van der Waals surface area contributed by atoms with Gasteiger partial charge in [0.25, 0.3) is 11.5 Å². The van der Waals surface area contributed by atoms with Gasteiger partial charge in [-0.1, -0.05) is 44.2 Å². The molecule has 1 aromatic carbocycles. The highest BCUT2D eigenvalue weighted by molar-refractivity contribution is 5.96. The molecule has 2 bridgehead atoms. The van der Waals surface area contributed by atoms with Gasteiger partial charge < -0.3 is 20.1 Å². The molecule has 2 saturated heterocycles. The van der Waals surface area contributed by atoms with Crippen LogP contribution in [0, 0.1) is 0 Å². The molecule has 3 aliphatic rings. The van der Waals surface area contributed by atoms with Crippen LogP contribution in [0.15, 0.2) is 29.1 Å². The van der Waals surface area contributed by atoms with Crippen molar-refractivity contribution in [2.45, 2.75) is 101 Å². The molecular formula is C27H36N4O5. The average molecular weight is 497 g/mol. The summed E-state index contributed by atoms with van der Waals surface area (Å²) in [5.74, 6) is -2.25. The van der Waals surface area contributed by atoms with E-state index < -0.39 is 30.1 Å². The van der Waals surface area contributed by atoms with Crippen molar-refractivity contribution in [2.75, 3.05) is 6.61 Å². The highest BCUT2D eigenvalue weighted by Crippen LogP contribution is 2.44. The number of hydrogen-bond acceptors (Lipinski definition) is 6. The number of carbonyl (C=O) groups excluding carboxylic acids is 1. The molecule has 2 unspecified atom stereocenters. The molecule has 3 heterocycles. The minimum Gasteiger partial charge on any atom is -0.480 e. The van der Waals surface area contributed by atoms with Crippen molar-refractivity contribution in [1.29, 1.82) is 0 Å². The number of aliphatic hydroxyl groups excluding tert-OH is 1. The number of aliphatic hydroxyl groups is 1. The quantitative estimate of drug-likeness (QED) is 0.562. The Balaban J connectivity index is 1.46. The number of fused-ring (bicyclic) bond motifs is 3. The van der Waals surface area contributed by atoms with Crippen LogP contribution >= 0.6 is 0 Å². The second kappa shape index (κ2) is 10.7. The lowest BCUT2D eigenvalue weighted by molar-refractivity contribution is -0.140. The van der Waals surface area contributed by atoms with Crippen molar-refractivity contribution < 1.29 is 19.8 Å². The lowest BCUT2D eigenvalue weighted by Gasteiger charge is -2.45. The zero-order valence-electron chi connectivity index (χ0n) is 20.6. The van der Waals surface area contributed by atoms with E-state index >= 15 is 0 Å². The number of carboxylic acid groups (broad SMARTS) is 1. The van der Waals surface area contributed by atoms with Crippen LogP contribution in [0.5, 0.6) is 0 Å². The number of benzene rings is 1. The zero-order valence-corrected chi connectivity index (χ0v) is 20.6. The number of aromatic nitrogens is 2. The van der Waals surface area contributed by atoms with Crippen LogP contribution < -0.4 is 10.9 Å². The molecule has 3 atom stereocenters. The minimum atomic E-state index is -1.50. The topological polar surface area (TPSA) is 125 Å². The molecular weight excluding hydrogens is 460 g/mol. The largest absolute Gasteiger partial charge is 0.480 e. The molecule has 36 heavy (non-hydrogen) atoms. The molecule has 1 aliphatic carbocycles. The number of piperidine rings is 1. The fourth-order valence-corrected chi connectivity index (χ4v) is 6.80. The lowest BCUT2D eigenvalue weighted by Crippen LogP contribution is -2.51. The minimum absolute atomic E-state index is 0.0487. The van der Waals surface area contributed by atoms with E-state index in [0.717, 1.165) is 25.7 Å². The fourth-order valence-electron chi connectivity index (χ4n) is 6.80. The Morgan fingerprint density at radius 3 is 2.22 bits per heavy atom. The van der Waals surface area contributed by atoms with Crippen LogP contribution in [-0.4, -0.2) is 67.3 Å². The fraction of sp³-hybridized carbons (Fsp3) is 0.630. The van der Waals surface area contributed by atoms with Gasteiger partial charge in [-0.05, 0) is 50.7 Å². The number of nitrogens with zero attached hydrogens (tertiary/aromatic N) is 3. The van der Waals surface area contributed by atoms with E-state index in [1.165, 1.54) is 44.9 Å². The van der Waals surface area contributed by atoms with Gasteiger partial charge in [0.2, 0.25) is 0 Å². The van der Waals surface area contributed by atoms with Crippen molar-refractivity contribution in [3.8, 4) is 0 Å². The van der Waals surface area contributed by atoms with E-state index in [1.807, 2.05) is 12.1 Å². The first-order valence-corrected chi connectivity index (χ1v) is 13.4. The van der Waals surface area contributed by atoms with E-state index in [4.69, 9.17) is 0 Å². The molecule has 3 N–H and O–H groups in total. The number of aliphatic carboxylic acids is 1. The molecule has 5 rings (SSSR count). The maximum Gasteiger partial charge on any atom is 0.328 e. The predicted octanol–water partition coefficient (Wildman–Crippen LogP) is 2.85. The van der Waals surface area contributed by atoms with Crippen LogP contribution in [0.25, 0.3) is 11.0 Å². The molecule has 2 aromatic rings. The number of para-hydroxylation sites is 2. The maximum absolute atomic E-state index is 13.7. The van der Waals surface area contributed by atoms with E-state index in [0.29, 0.717) is 29.2 Å². The SMILES string of the molecule is O=C(N[C@@H](CO)C(=O)O)c1nc2ccccc2n(C2CC3CCC(C2)N3C2CCCCCCC2)c1=O. The van der Waals surface area contributed by atoms with Crippen molar-refractivity contribution in [1.82, 2.24) is 19.8 Å². The van der Waals surface area contributed by atoms with E-state index in [-0.39, 0.29) is 11.7 Å². The first-order chi connectivity index (χ1) is 17.5. The summed E-state index contributed by atoms with van der Waals surface area (Å²) in [6.45, 7) is -0.772. The average Bonchev–Trinajstić information content (AvgIpc) is 3.10. The Hall–Kier alpha value is -2.78.